The molecule has 2 aromatic heterocycles. The molecule has 2 saturated heterocycles. The number of anilines is 3. The van der Waals surface area contributed by atoms with Crippen molar-refractivity contribution in [2.24, 2.45) is 0 Å². The van der Waals surface area contributed by atoms with Crippen LogP contribution in [-0.4, -0.2) is 67.4 Å². The highest BCUT2D eigenvalue weighted by Gasteiger charge is 2.27. The van der Waals surface area contributed by atoms with E-state index in [1.54, 1.807) is 0 Å². The average molecular weight is 408 g/mol. The van der Waals surface area contributed by atoms with Crippen LogP contribution in [0.4, 0.5) is 17.6 Å². The number of rotatable bonds is 4. The number of hydrogen-bond acceptors (Lipinski definition) is 8. The molecule has 1 atom stereocenters. The van der Waals surface area contributed by atoms with Crippen LogP contribution in [0.5, 0.6) is 0 Å². The molecule has 2 aliphatic rings. The summed E-state index contributed by atoms with van der Waals surface area (Å²) in [7, 11) is 2.10. The molecule has 8 heteroatoms. The van der Waals surface area contributed by atoms with Crippen molar-refractivity contribution in [3.8, 4) is 6.07 Å². The van der Waals surface area contributed by atoms with Gasteiger partial charge in [0.25, 0.3) is 0 Å². The molecule has 30 heavy (non-hydrogen) atoms. The second-order valence-electron chi connectivity index (χ2n) is 8.06. The summed E-state index contributed by atoms with van der Waals surface area (Å²) in [5.74, 6) is 2.50. The lowest BCUT2D eigenvalue weighted by Gasteiger charge is -2.39. The molecule has 0 spiro atoms. The van der Waals surface area contributed by atoms with Gasteiger partial charge in [0.1, 0.15) is 17.7 Å². The molecule has 2 aromatic rings. The van der Waals surface area contributed by atoms with E-state index in [2.05, 4.69) is 32.8 Å². The standard InChI is InChI=1S/C22H29N7O/c1-16-13-17(2)25-21(19(16)14-23)29-8-4-5-18(15-29)27(3)20-6-7-24-22(26-20)28-9-11-30-12-10-28/h6-7,13,18H,4-5,8-12,15H2,1-3H3. The largest absolute Gasteiger partial charge is 0.378 e. The third-order valence-electron chi connectivity index (χ3n) is 5.96. The molecule has 0 radical (unpaired) electrons. The molecule has 0 amide bonds. The third kappa shape index (κ3) is 4.17. The summed E-state index contributed by atoms with van der Waals surface area (Å²) in [5, 5.41) is 9.67. The summed E-state index contributed by atoms with van der Waals surface area (Å²) in [6.07, 6.45) is 3.97. The van der Waals surface area contributed by atoms with Gasteiger partial charge in [-0.2, -0.15) is 10.2 Å². The van der Waals surface area contributed by atoms with Gasteiger partial charge < -0.3 is 19.4 Å². The Kier molecular flexibility index (Phi) is 6.00. The lowest BCUT2D eigenvalue weighted by atomic mass is 10.0. The fourth-order valence-corrected chi connectivity index (χ4v) is 4.29. The molecule has 0 aromatic carbocycles. The number of nitriles is 1. The molecule has 158 valence electrons. The Hall–Kier alpha value is -2.92. The normalized spacial score (nSPS) is 19.5. The highest BCUT2D eigenvalue weighted by molar-refractivity contribution is 5.59. The monoisotopic (exact) mass is 407 g/mol. The van der Waals surface area contributed by atoms with Gasteiger partial charge in [-0.25, -0.2) is 9.97 Å². The van der Waals surface area contributed by atoms with E-state index in [4.69, 9.17) is 14.7 Å². The highest BCUT2D eigenvalue weighted by atomic mass is 16.5. The van der Waals surface area contributed by atoms with Gasteiger partial charge in [0.15, 0.2) is 0 Å². The summed E-state index contributed by atoms with van der Waals surface area (Å²) in [4.78, 5) is 20.7. The molecule has 4 heterocycles. The summed E-state index contributed by atoms with van der Waals surface area (Å²) in [5.41, 5.74) is 2.62. The number of morpholine rings is 1. The molecule has 0 saturated carbocycles. The Balaban J connectivity index is 1.53. The fraction of sp³-hybridized carbons (Fsp3) is 0.545. The average Bonchev–Trinajstić information content (AvgIpc) is 2.79. The van der Waals surface area contributed by atoms with Gasteiger partial charge in [-0.15, -0.1) is 0 Å². The second-order valence-corrected chi connectivity index (χ2v) is 8.06. The molecule has 2 fully saturated rings. The minimum absolute atomic E-state index is 0.292. The van der Waals surface area contributed by atoms with Crippen LogP contribution in [0.3, 0.4) is 0 Å². The molecule has 0 bridgehead atoms. The Morgan fingerprint density at radius 3 is 2.73 bits per heavy atom. The van der Waals surface area contributed by atoms with E-state index in [0.717, 1.165) is 67.9 Å². The van der Waals surface area contributed by atoms with Crippen LogP contribution < -0.4 is 14.7 Å². The zero-order valence-corrected chi connectivity index (χ0v) is 18.0. The third-order valence-corrected chi connectivity index (χ3v) is 5.96. The first kappa shape index (κ1) is 20.4. The van der Waals surface area contributed by atoms with Crippen molar-refractivity contribution in [3.63, 3.8) is 0 Å². The van der Waals surface area contributed by atoms with Crippen LogP contribution in [0, 0.1) is 25.2 Å². The lowest BCUT2D eigenvalue weighted by molar-refractivity contribution is 0.122. The smallest absolute Gasteiger partial charge is 0.227 e. The first-order chi connectivity index (χ1) is 14.6. The van der Waals surface area contributed by atoms with Crippen molar-refractivity contribution in [1.29, 1.82) is 5.26 Å². The van der Waals surface area contributed by atoms with Crippen molar-refractivity contribution in [2.75, 3.05) is 61.1 Å². The topological polar surface area (TPSA) is 81.4 Å². The molecule has 0 N–H and O–H groups in total. The number of piperidine rings is 1. The number of ether oxygens (including phenoxy) is 1. The van der Waals surface area contributed by atoms with Gasteiger partial charge in [-0.3, -0.25) is 0 Å². The number of hydrogen-bond donors (Lipinski definition) is 0. The minimum Gasteiger partial charge on any atom is -0.378 e. The van der Waals surface area contributed by atoms with Crippen LogP contribution in [-0.2, 0) is 4.74 Å². The maximum absolute atomic E-state index is 9.67. The zero-order valence-electron chi connectivity index (χ0n) is 18.0. The first-order valence-corrected chi connectivity index (χ1v) is 10.6. The zero-order chi connectivity index (χ0) is 21.1. The van der Waals surface area contributed by atoms with E-state index in [1.165, 1.54) is 0 Å². The molecular weight excluding hydrogens is 378 g/mol. The quantitative estimate of drug-likeness (QED) is 0.764. The molecule has 0 aliphatic carbocycles. The van der Waals surface area contributed by atoms with E-state index in [9.17, 15) is 5.26 Å². The maximum Gasteiger partial charge on any atom is 0.227 e. The fourth-order valence-electron chi connectivity index (χ4n) is 4.29. The van der Waals surface area contributed by atoms with Crippen LogP contribution in [0.25, 0.3) is 0 Å². The van der Waals surface area contributed by atoms with E-state index in [-0.39, 0.29) is 0 Å². The molecule has 8 nitrogen and oxygen atoms in total. The number of likely N-dealkylation sites (N-methyl/N-ethyl adjacent to an activating group) is 1. The first-order valence-electron chi connectivity index (χ1n) is 10.6. The van der Waals surface area contributed by atoms with E-state index in [1.807, 2.05) is 32.2 Å². The van der Waals surface area contributed by atoms with E-state index >= 15 is 0 Å². The highest BCUT2D eigenvalue weighted by Crippen LogP contribution is 2.28. The van der Waals surface area contributed by atoms with E-state index < -0.39 is 0 Å². The Morgan fingerprint density at radius 1 is 1.17 bits per heavy atom. The van der Waals surface area contributed by atoms with Crippen molar-refractivity contribution in [1.82, 2.24) is 15.0 Å². The minimum atomic E-state index is 0.292. The summed E-state index contributed by atoms with van der Waals surface area (Å²) >= 11 is 0. The lowest BCUT2D eigenvalue weighted by Crippen LogP contribution is -2.47. The Morgan fingerprint density at radius 2 is 1.97 bits per heavy atom. The van der Waals surface area contributed by atoms with Gasteiger partial charge in [-0.1, -0.05) is 0 Å². The van der Waals surface area contributed by atoms with Crippen LogP contribution in [0.2, 0.25) is 0 Å². The van der Waals surface area contributed by atoms with Crippen molar-refractivity contribution in [3.05, 3.63) is 35.2 Å². The number of nitrogens with zero attached hydrogens (tertiary/aromatic N) is 7. The van der Waals surface area contributed by atoms with Gasteiger partial charge in [-0.05, 0) is 44.4 Å². The molecule has 1 unspecified atom stereocenters. The number of pyridine rings is 1. The van der Waals surface area contributed by atoms with Crippen molar-refractivity contribution in [2.45, 2.75) is 32.7 Å². The van der Waals surface area contributed by atoms with Crippen molar-refractivity contribution >= 4 is 17.6 Å². The summed E-state index contributed by atoms with van der Waals surface area (Å²) < 4.78 is 5.44. The van der Waals surface area contributed by atoms with Gasteiger partial charge >= 0.3 is 0 Å². The van der Waals surface area contributed by atoms with Crippen molar-refractivity contribution < 1.29 is 4.74 Å². The van der Waals surface area contributed by atoms with Gasteiger partial charge in [0, 0.05) is 51.2 Å². The number of aromatic nitrogens is 3. The second kappa shape index (κ2) is 8.84. The predicted molar refractivity (Wildman–Crippen MR) is 117 cm³/mol. The van der Waals surface area contributed by atoms with E-state index in [0.29, 0.717) is 24.8 Å². The summed E-state index contributed by atoms with van der Waals surface area (Å²) in [6, 6.07) is 6.59. The van der Waals surface area contributed by atoms with Crippen LogP contribution in [0.15, 0.2) is 18.3 Å². The van der Waals surface area contributed by atoms with Crippen LogP contribution >= 0.6 is 0 Å². The predicted octanol–water partition coefficient (Wildman–Crippen LogP) is 2.30. The summed E-state index contributed by atoms with van der Waals surface area (Å²) in [6.45, 7) is 8.77. The molecular formula is C22H29N7O. The Labute approximate surface area is 178 Å². The van der Waals surface area contributed by atoms with Gasteiger partial charge in [0.2, 0.25) is 5.95 Å². The van der Waals surface area contributed by atoms with Crippen LogP contribution in [0.1, 0.15) is 29.7 Å². The number of aryl methyl sites for hydroxylation is 2. The molecule has 4 rings (SSSR count). The van der Waals surface area contributed by atoms with Gasteiger partial charge in [0.05, 0.1) is 18.8 Å². The SMILES string of the molecule is Cc1cc(C)c(C#N)c(N2CCCC(N(C)c3ccnc(N4CCOCC4)n3)C2)n1. The molecule has 2 aliphatic heterocycles. The maximum atomic E-state index is 9.67. The Bertz CT molecular complexity index is 936.